The van der Waals surface area contributed by atoms with Gasteiger partial charge in [0.25, 0.3) is 0 Å². The number of nitrogens with zero attached hydrogens (tertiary/aromatic N) is 3. The first-order valence-electron chi connectivity index (χ1n) is 8.72. The van der Waals surface area contributed by atoms with Crippen LogP contribution in [0.3, 0.4) is 0 Å². The van der Waals surface area contributed by atoms with E-state index < -0.39 is 5.60 Å². The Labute approximate surface area is 143 Å². The zero-order valence-corrected chi connectivity index (χ0v) is 15.1. The minimum absolute atomic E-state index is 0.268. The third-order valence-electron chi connectivity index (χ3n) is 4.21. The van der Waals surface area contributed by atoms with Crippen molar-refractivity contribution in [1.29, 1.82) is 0 Å². The molecular formula is C17H29N5O2. The second-order valence-corrected chi connectivity index (χ2v) is 7.54. The average molecular weight is 335 g/mol. The molecule has 0 saturated heterocycles. The molecule has 0 aromatic carbocycles. The van der Waals surface area contributed by atoms with E-state index in [0.717, 1.165) is 25.7 Å². The normalized spacial score (nSPS) is 19.0. The molecule has 2 N–H and O–H groups in total. The van der Waals surface area contributed by atoms with Crippen molar-refractivity contribution in [3.8, 4) is 0 Å². The lowest BCUT2D eigenvalue weighted by Crippen LogP contribution is -2.36. The van der Waals surface area contributed by atoms with Crippen LogP contribution in [-0.4, -0.2) is 38.9 Å². The molecule has 1 aromatic heterocycles. The topological polar surface area (TPSA) is 92.8 Å². The Morgan fingerprint density at radius 2 is 2.29 bits per heavy atom. The van der Waals surface area contributed by atoms with Gasteiger partial charge in [-0.1, -0.05) is 23.8 Å². The van der Waals surface area contributed by atoms with E-state index in [0.29, 0.717) is 24.7 Å². The van der Waals surface area contributed by atoms with Crippen LogP contribution in [0.5, 0.6) is 0 Å². The fraction of sp³-hybridized carbons (Fsp3) is 0.765. The van der Waals surface area contributed by atoms with Crippen molar-refractivity contribution in [2.75, 3.05) is 6.54 Å². The van der Waals surface area contributed by atoms with Crippen LogP contribution in [0.25, 0.3) is 0 Å². The largest absolute Gasteiger partial charge is 0.444 e. The summed E-state index contributed by atoms with van der Waals surface area (Å²) >= 11 is 0. The maximum Gasteiger partial charge on any atom is 0.407 e. The van der Waals surface area contributed by atoms with Crippen molar-refractivity contribution in [3.63, 3.8) is 0 Å². The molecule has 1 aromatic rings. The van der Waals surface area contributed by atoms with E-state index in [4.69, 9.17) is 4.74 Å². The first-order chi connectivity index (χ1) is 11.4. The van der Waals surface area contributed by atoms with Crippen LogP contribution >= 0.6 is 0 Å². The highest BCUT2D eigenvalue weighted by Crippen LogP contribution is 2.32. The van der Waals surface area contributed by atoms with Gasteiger partial charge in [0, 0.05) is 13.0 Å². The summed E-state index contributed by atoms with van der Waals surface area (Å²) in [6, 6.07) is 0. The number of tetrazole rings is 1. The molecule has 0 aliphatic heterocycles. The number of ether oxygens (including phenoxy) is 1. The van der Waals surface area contributed by atoms with Crippen molar-refractivity contribution in [1.82, 2.24) is 25.9 Å². The van der Waals surface area contributed by atoms with E-state index >= 15 is 0 Å². The highest BCUT2D eigenvalue weighted by molar-refractivity contribution is 5.67. The van der Waals surface area contributed by atoms with E-state index in [1.54, 1.807) is 5.57 Å². The SMILES string of the molecule is CCC1=CCC(CC(CNC(=O)OC(C)(C)C)Cc2nn[nH]n2)C1. The molecule has 1 aliphatic rings. The quantitative estimate of drug-likeness (QED) is 0.747. The first kappa shape index (κ1) is 18.4. The molecule has 7 heteroatoms. The van der Waals surface area contributed by atoms with Crippen LogP contribution in [0.4, 0.5) is 4.79 Å². The molecule has 1 aliphatic carbocycles. The number of aromatic amines is 1. The number of H-pyrrole nitrogens is 1. The number of alkyl carbamates (subject to hydrolysis) is 1. The van der Waals surface area contributed by atoms with Gasteiger partial charge < -0.3 is 10.1 Å². The summed E-state index contributed by atoms with van der Waals surface area (Å²) in [7, 11) is 0. The molecule has 0 spiro atoms. The van der Waals surface area contributed by atoms with E-state index in [2.05, 4.69) is 38.9 Å². The maximum absolute atomic E-state index is 11.9. The van der Waals surface area contributed by atoms with Crippen LogP contribution < -0.4 is 5.32 Å². The number of aromatic nitrogens is 4. The summed E-state index contributed by atoms with van der Waals surface area (Å²) in [5.41, 5.74) is 1.05. The minimum Gasteiger partial charge on any atom is -0.444 e. The summed E-state index contributed by atoms with van der Waals surface area (Å²) in [5, 5.41) is 17.1. The number of amides is 1. The third-order valence-corrected chi connectivity index (χ3v) is 4.21. The molecule has 1 amide bonds. The number of allylic oxidation sites excluding steroid dienone is 2. The molecule has 24 heavy (non-hydrogen) atoms. The van der Waals surface area contributed by atoms with Crippen molar-refractivity contribution < 1.29 is 9.53 Å². The van der Waals surface area contributed by atoms with Crippen molar-refractivity contribution in [2.45, 2.75) is 65.4 Å². The zero-order chi connectivity index (χ0) is 17.6. The molecule has 0 saturated carbocycles. The highest BCUT2D eigenvalue weighted by atomic mass is 16.6. The molecule has 134 valence electrons. The Hall–Kier alpha value is -1.92. The number of hydrogen-bond acceptors (Lipinski definition) is 5. The van der Waals surface area contributed by atoms with Gasteiger partial charge in [-0.25, -0.2) is 4.79 Å². The summed E-state index contributed by atoms with van der Waals surface area (Å²) in [4.78, 5) is 11.9. The van der Waals surface area contributed by atoms with Gasteiger partial charge in [-0.3, -0.25) is 0 Å². The number of carbonyl (C=O) groups excluding carboxylic acids is 1. The minimum atomic E-state index is -0.487. The molecule has 0 radical (unpaired) electrons. The lowest BCUT2D eigenvalue weighted by atomic mass is 9.89. The monoisotopic (exact) mass is 335 g/mol. The summed E-state index contributed by atoms with van der Waals surface area (Å²) in [6.07, 6.45) is 7.12. The van der Waals surface area contributed by atoms with Crippen molar-refractivity contribution in [3.05, 3.63) is 17.5 Å². The maximum atomic E-state index is 11.9. The standard InChI is InChI=1S/C17H29N5O2/c1-5-12-6-7-13(8-12)9-14(10-15-19-21-22-20-15)11-18-16(23)24-17(2,3)4/h6,13-14H,5,7-11H2,1-4H3,(H,18,23)(H,19,20,21,22). The highest BCUT2D eigenvalue weighted by Gasteiger charge is 2.23. The Balaban J connectivity index is 1.87. The van der Waals surface area contributed by atoms with Crippen LogP contribution in [0.2, 0.25) is 0 Å². The van der Waals surface area contributed by atoms with Gasteiger partial charge in [0.05, 0.1) is 0 Å². The van der Waals surface area contributed by atoms with Crippen molar-refractivity contribution in [2.24, 2.45) is 11.8 Å². The van der Waals surface area contributed by atoms with Gasteiger partial charge in [0.1, 0.15) is 5.60 Å². The molecular weight excluding hydrogens is 306 g/mol. The predicted molar refractivity (Wildman–Crippen MR) is 91.3 cm³/mol. The molecule has 1 heterocycles. The van der Waals surface area contributed by atoms with E-state index in [1.807, 2.05) is 20.8 Å². The number of rotatable bonds is 7. The molecule has 7 nitrogen and oxygen atoms in total. The van der Waals surface area contributed by atoms with Crippen LogP contribution in [0.1, 0.15) is 59.2 Å². The molecule has 2 unspecified atom stereocenters. The van der Waals surface area contributed by atoms with E-state index in [-0.39, 0.29) is 12.0 Å². The Bertz CT molecular complexity index is 548. The first-order valence-corrected chi connectivity index (χ1v) is 8.72. The number of hydrogen-bond donors (Lipinski definition) is 2. The summed E-state index contributed by atoms with van der Waals surface area (Å²) < 4.78 is 5.32. The van der Waals surface area contributed by atoms with Gasteiger partial charge in [0.15, 0.2) is 5.82 Å². The molecule has 2 rings (SSSR count). The fourth-order valence-corrected chi connectivity index (χ4v) is 3.12. The van der Waals surface area contributed by atoms with Gasteiger partial charge in [-0.15, -0.1) is 10.2 Å². The smallest absolute Gasteiger partial charge is 0.407 e. The van der Waals surface area contributed by atoms with Gasteiger partial charge >= 0.3 is 6.09 Å². The van der Waals surface area contributed by atoms with Gasteiger partial charge in [-0.05, 0) is 58.3 Å². The van der Waals surface area contributed by atoms with Crippen LogP contribution in [0, 0.1) is 11.8 Å². The van der Waals surface area contributed by atoms with E-state index in [9.17, 15) is 4.79 Å². The second-order valence-electron chi connectivity index (χ2n) is 7.54. The van der Waals surface area contributed by atoms with Crippen LogP contribution in [0.15, 0.2) is 11.6 Å². The molecule has 0 bridgehead atoms. The lowest BCUT2D eigenvalue weighted by molar-refractivity contribution is 0.0516. The Kier molecular flexibility index (Phi) is 6.34. The van der Waals surface area contributed by atoms with Gasteiger partial charge in [-0.2, -0.15) is 5.21 Å². The Morgan fingerprint density at radius 3 is 2.88 bits per heavy atom. The molecule has 2 atom stereocenters. The van der Waals surface area contributed by atoms with Crippen LogP contribution in [-0.2, 0) is 11.2 Å². The summed E-state index contributed by atoms with van der Waals surface area (Å²) in [6.45, 7) is 8.34. The molecule has 0 fully saturated rings. The fourth-order valence-electron chi connectivity index (χ4n) is 3.12. The predicted octanol–water partition coefficient (Wildman–Crippen LogP) is 3.02. The number of nitrogens with one attached hydrogen (secondary N) is 2. The third kappa shape index (κ3) is 6.29. The zero-order valence-electron chi connectivity index (χ0n) is 15.1. The van der Waals surface area contributed by atoms with Crippen molar-refractivity contribution >= 4 is 6.09 Å². The number of carbonyl (C=O) groups is 1. The van der Waals surface area contributed by atoms with Gasteiger partial charge in [0.2, 0.25) is 0 Å². The average Bonchev–Trinajstić information content (AvgIpc) is 3.14. The summed E-state index contributed by atoms with van der Waals surface area (Å²) in [5.74, 6) is 1.59. The lowest BCUT2D eigenvalue weighted by Gasteiger charge is -2.23. The second kappa shape index (κ2) is 8.26. The van der Waals surface area contributed by atoms with E-state index in [1.165, 1.54) is 0 Å². The Morgan fingerprint density at radius 1 is 1.50 bits per heavy atom.